The Hall–Kier alpha value is -3.28. The van der Waals surface area contributed by atoms with Crippen molar-refractivity contribution in [2.45, 2.75) is 6.92 Å². The molecule has 0 saturated carbocycles. The Labute approximate surface area is 158 Å². The van der Waals surface area contributed by atoms with E-state index in [2.05, 4.69) is 10.4 Å². The number of ether oxygens (including phenoxy) is 1. The maximum Gasteiger partial charge on any atom is 0.321 e. The minimum absolute atomic E-state index is 0.0951. The predicted molar refractivity (Wildman–Crippen MR) is 104 cm³/mol. The highest BCUT2D eigenvalue weighted by Gasteiger charge is 2.31. The van der Waals surface area contributed by atoms with Crippen molar-refractivity contribution >= 4 is 11.7 Å². The lowest BCUT2D eigenvalue weighted by Gasteiger charge is -2.38. The molecular formula is C21H22N4O2. The van der Waals surface area contributed by atoms with Crippen molar-refractivity contribution in [3.05, 3.63) is 72.6 Å². The van der Waals surface area contributed by atoms with Gasteiger partial charge >= 0.3 is 6.03 Å². The van der Waals surface area contributed by atoms with Gasteiger partial charge in [-0.15, -0.1) is 0 Å². The molecule has 0 aliphatic carbocycles. The zero-order valence-electron chi connectivity index (χ0n) is 15.2. The van der Waals surface area contributed by atoms with E-state index < -0.39 is 0 Å². The number of urea groups is 1. The van der Waals surface area contributed by atoms with Crippen molar-refractivity contribution in [3.63, 3.8) is 0 Å². The van der Waals surface area contributed by atoms with Crippen LogP contribution in [0.2, 0.25) is 0 Å². The number of carbonyl (C=O) groups is 1. The van der Waals surface area contributed by atoms with Crippen LogP contribution < -0.4 is 10.1 Å². The number of carbonyl (C=O) groups excluding carboxylic acids is 1. The Morgan fingerprint density at radius 1 is 1.11 bits per heavy atom. The molecule has 2 aromatic carbocycles. The summed E-state index contributed by atoms with van der Waals surface area (Å²) in [5.41, 5.74) is 2.53. The van der Waals surface area contributed by atoms with E-state index in [1.165, 1.54) is 0 Å². The van der Waals surface area contributed by atoms with Crippen LogP contribution in [0, 0.1) is 12.8 Å². The zero-order valence-corrected chi connectivity index (χ0v) is 15.2. The lowest BCUT2D eigenvalue weighted by molar-refractivity contribution is 0.0925. The quantitative estimate of drug-likeness (QED) is 0.752. The smallest absolute Gasteiger partial charge is 0.321 e. The van der Waals surface area contributed by atoms with E-state index in [1.807, 2.05) is 73.8 Å². The molecule has 1 aliphatic heterocycles. The van der Waals surface area contributed by atoms with Gasteiger partial charge in [0.1, 0.15) is 5.75 Å². The van der Waals surface area contributed by atoms with Crippen LogP contribution >= 0.6 is 0 Å². The molecule has 27 heavy (non-hydrogen) atoms. The number of para-hydroxylation sites is 3. The van der Waals surface area contributed by atoms with Crippen molar-refractivity contribution in [2.24, 2.45) is 5.92 Å². The van der Waals surface area contributed by atoms with Crippen molar-refractivity contribution in [3.8, 4) is 11.4 Å². The third-order valence-electron chi connectivity index (χ3n) is 4.59. The summed E-state index contributed by atoms with van der Waals surface area (Å²) in [5, 5.41) is 7.43. The third-order valence-corrected chi connectivity index (χ3v) is 4.59. The van der Waals surface area contributed by atoms with Crippen molar-refractivity contribution in [2.75, 3.05) is 25.0 Å². The number of rotatable bonds is 5. The highest BCUT2D eigenvalue weighted by Crippen LogP contribution is 2.23. The van der Waals surface area contributed by atoms with Crippen LogP contribution in [0.15, 0.2) is 66.9 Å². The monoisotopic (exact) mass is 362 g/mol. The van der Waals surface area contributed by atoms with Gasteiger partial charge in [-0.25, -0.2) is 9.48 Å². The number of nitrogens with one attached hydrogen (secondary N) is 1. The van der Waals surface area contributed by atoms with Crippen LogP contribution in [0.3, 0.4) is 0 Å². The predicted octanol–water partition coefficient (Wildman–Crippen LogP) is 3.72. The van der Waals surface area contributed by atoms with Crippen LogP contribution in [0.1, 0.15) is 5.69 Å². The molecule has 1 aromatic heterocycles. The van der Waals surface area contributed by atoms with E-state index in [-0.39, 0.29) is 6.03 Å². The molecule has 1 fully saturated rings. The molecule has 1 aliphatic rings. The first-order valence-electron chi connectivity index (χ1n) is 9.04. The fourth-order valence-electron chi connectivity index (χ4n) is 3.09. The van der Waals surface area contributed by atoms with Gasteiger partial charge in [0.2, 0.25) is 0 Å². The largest absolute Gasteiger partial charge is 0.493 e. The van der Waals surface area contributed by atoms with E-state index in [1.54, 1.807) is 9.58 Å². The highest BCUT2D eigenvalue weighted by molar-refractivity contribution is 5.92. The number of anilines is 1. The molecule has 2 amide bonds. The highest BCUT2D eigenvalue weighted by atomic mass is 16.5. The maximum atomic E-state index is 12.5. The SMILES string of the molecule is Cc1ccn(-c2ccccc2NC(=O)N2CC(COc3ccccc3)C2)n1. The fraction of sp³-hybridized carbons (Fsp3) is 0.238. The zero-order chi connectivity index (χ0) is 18.6. The van der Waals surface area contributed by atoms with Gasteiger partial charge in [0, 0.05) is 25.2 Å². The van der Waals surface area contributed by atoms with E-state index in [4.69, 9.17) is 4.74 Å². The Bertz CT molecular complexity index is 917. The summed E-state index contributed by atoms with van der Waals surface area (Å²) >= 11 is 0. The molecule has 3 aromatic rings. The van der Waals surface area contributed by atoms with Gasteiger partial charge in [0.15, 0.2) is 0 Å². The van der Waals surface area contributed by atoms with E-state index in [9.17, 15) is 4.79 Å². The van der Waals surface area contributed by atoms with E-state index >= 15 is 0 Å². The van der Waals surface area contributed by atoms with Crippen molar-refractivity contribution < 1.29 is 9.53 Å². The molecule has 138 valence electrons. The number of amides is 2. The van der Waals surface area contributed by atoms with Crippen LogP contribution in [-0.4, -0.2) is 40.4 Å². The number of nitrogens with zero attached hydrogens (tertiary/aromatic N) is 3. The Balaban J connectivity index is 1.32. The number of benzene rings is 2. The first-order chi connectivity index (χ1) is 13.2. The number of likely N-dealkylation sites (tertiary alicyclic amines) is 1. The van der Waals surface area contributed by atoms with Gasteiger partial charge in [-0.05, 0) is 37.3 Å². The van der Waals surface area contributed by atoms with Crippen LogP contribution in [0.5, 0.6) is 5.75 Å². The second-order valence-corrected chi connectivity index (χ2v) is 6.74. The summed E-state index contributed by atoms with van der Waals surface area (Å²) in [4.78, 5) is 14.3. The normalized spacial score (nSPS) is 13.9. The molecule has 0 spiro atoms. The summed E-state index contributed by atoms with van der Waals surface area (Å²) < 4.78 is 7.54. The summed E-state index contributed by atoms with van der Waals surface area (Å²) in [6.07, 6.45) is 1.89. The van der Waals surface area contributed by atoms with Gasteiger partial charge in [0.25, 0.3) is 0 Å². The van der Waals surface area contributed by atoms with Gasteiger partial charge in [-0.1, -0.05) is 30.3 Å². The molecule has 1 saturated heterocycles. The molecule has 0 radical (unpaired) electrons. The minimum atomic E-state index is -0.0951. The molecule has 2 heterocycles. The second kappa shape index (κ2) is 7.53. The van der Waals surface area contributed by atoms with Crippen LogP contribution in [0.25, 0.3) is 5.69 Å². The summed E-state index contributed by atoms with van der Waals surface area (Å²) in [5.74, 6) is 1.23. The first kappa shape index (κ1) is 17.1. The molecule has 0 atom stereocenters. The Kier molecular flexibility index (Phi) is 4.78. The lowest BCUT2D eigenvalue weighted by Crippen LogP contribution is -2.53. The minimum Gasteiger partial charge on any atom is -0.493 e. The van der Waals surface area contributed by atoms with Crippen LogP contribution in [0.4, 0.5) is 10.5 Å². The molecule has 1 N–H and O–H groups in total. The standard InChI is InChI=1S/C21H22N4O2/c1-16-11-12-25(23-16)20-10-6-5-9-19(20)22-21(26)24-13-17(14-24)15-27-18-7-3-2-4-8-18/h2-12,17H,13-15H2,1H3,(H,22,26). The molecular weight excluding hydrogens is 340 g/mol. The lowest BCUT2D eigenvalue weighted by atomic mass is 10.0. The van der Waals surface area contributed by atoms with E-state index in [0.717, 1.165) is 22.8 Å². The van der Waals surface area contributed by atoms with E-state index in [0.29, 0.717) is 25.6 Å². The molecule has 6 heteroatoms. The van der Waals surface area contributed by atoms with Gasteiger partial charge in [-0.3, -0.25) is 0 Å². The number of aromatic nitrogens is 2. The summed E-state index contributed by atoms with van der Waals surface area (Å²) in [6.45, 7) is 3.95. The fourth-order valence-corrected chi connectivity index (χ4v) is 3.09. The summed E-state index contributed by atoms with van der Waals surface area (Å²) in [7, 11) is 0. The second-order valence-electron chi connectivity index (χ2n) is 6.74. The van der Waals surface area contributed by atoms with Gasteiger partial charge in [0.05, 0.1) is 23.7 Å². The van der Waals surface area contributed by atoms with Gasteiger partial charge in [-0.2, -0.15) is 5.10 Å². The maximum absolute atomic E-state index is 12.5. The molecule has 6 nitrogen and oxygen atoms in total. The third kappa shape index (κ3) is 3.95. The number of hydrogen-bond acceptors (Lipinski definition) is 3. The average molecular weight is 362 g/mol. The number of hydrogen-bond donors (Lipinski definition) is 1. The average Bonchev–Trinajstić information content (AvgIpc) is 3.08. The molecule has 0 unspecified atom stereocenters. The number of aryl methyl sites for hydroxylation is 1. The topological polar surface area (TPSA) is 59.4 Å². The Morgan fingerprint density at radius 3 is 2.59 bits per heavy atom. The molecule has 0 bridgehead atoms. The molecule has 4 rings (SSSR count). The van der Waals surface area contributed by atoms with Gasteiger partial charge < -0.3 is 15.0 Å². The first-order valence-corrected chi connectivity index (χ1v) is 9.04. The van der Waals surface area contributed by atoms with Crippen LogP contribution in [-0.2, 0) is 0 Å². The van der Waals surface area contributed by atoms with Crippen molar-refractivity contribution in [1.29, 1.82) is 0 Å². The Morgan fingerprint density at radius 2 is 1.85 bits per heavy atom. The summed E-state index contributed by atoms with van der Waals surface area (Å²) in [6, 6.07) is 19.3. The van der Waals surface area contributed by atoms with Crippen molar-refractivity contribution in [1.82, 2.24) is 14.7 Å².